The molecule has 1 N–H and O–H groups in total. The third kappa shape index (κ3) is 2.69. The summed E-state index contributed by atoms with van der Waals surface area (Å²) in [5.41, 5.74) is 0. The Bertz CT molecular complexity index is 470. The molecule has 2 atom stereocenters. The molecule has 110 valence electrons. The fraction of sp³-hybridized carbons (Fsp3) is 0.769. The smallest absolute Gasteiger partial charge is 0.228 e. The number of amides is 1. The summed E-state index contributed by atoms with van der Waals surface area (Å²) < 4.78 is 11.0. The van der Waals surface area contributed by atoms with E-state index in [1.165, 1.54) is 0 Å². The van der Waals surface area contributed by atoms with Crippen LogP contribution in [-0.2, 0) is 20.7 Å². The summed E-state index contributed by atoms with van der Waals surface area (Å²) >= 11 is 0. The molecule has 3 heterocycles. The molecule has 7 nitrogen and oxygen atoms in total. The molecule has 0 bridgehead atoms. The number of hydrogen-bond acceptors (Lipinski definition) is 5. The van der Waals surface area contributed by atoms with Crippen molar-refractivity contribution in [1.29, 1.82) is 0 Å². The zero-order chi connectivity index (χ0) is 13.9. The lowest BCUT2D eigenvalue weighted by atomic mass is 10.1. The van der Waals surface area contributed by atoms with E-state index in [1.54, 1.807) is 0 Å². The van der Waals surface area contributed by atoms with Gasteiger partial charge in [-0.1, -0.05) is 6.92 Å². The van der Waals surface area contributed by atoms with E-state index in [4.69, 9.17) is 9.47 Å². The van der Waals surface area contributed by atoms with Crippen molar-refractivity contribution in [3.05, 3.63) is 11.6 Å². The van der Waals surface area contributed by atoms with Crippen molar-refractivity contribution in [3.63, 3.8) is 0 Å². The average Bonchev–Trinajstić information content (AvgIpc) is 3.17. The highest BCUT2D eigenvalue weighted by Gasteiger charge is 2.33. The standard InChI is InChI=1S/C13H20N4O3/c1-2-11-14-12(16-15-11)10-7-17(4-6-20-10)13(18)9-3-5-19-8-9/h9-10H,2-8H2,1H3,(H,14,15,16)/t9-,10+/m0/s1. The van der Waals surface area contributed by atoms with E-state index >= 15 is 0 Å². The summed E-state index contributed by atoms with van der Waals surface area (Å²) in [7, 11) is 0. The van der Waals surface area contributed by atoms with Crippen LogP contribution in [0.3, 0.4) is 0 Å². The Balaban J connectivity index is 1.65. The highest BCUT2D eigenvalue weighted by molar-refractivity contribution is 5.79. The van der Waals surface area contributed by atoms with Gasteiger partial charge >= 0.3 is 0 Å². The minimum Gasteiger partial charge on any atom is -0.381 e. The molecule has 2 fully saturated rings. The normalized spacial score (nSPS) is 26.9. The molecule has 0 radical (unpaired) electrons. The van der Waals surface area contributed by atoms with Gasteiger partial charge in [0.25, 0.3) is 0 Å². The minimum atomic E-state index is -0.230. The number of aromatic nitrogens is 3. The van der Waals surface area contributed by atoms with Crippen LogP contribution in [0.15, 0.2) is 0 Å². The fourth-order valence-corrected chi connectivity index (χ4v) is 2.61. The van der Waals surface area contributed by atoms with E-state index in [2.05, 4.69) is 15.2 Å². The molecular weight excluding hydrogens is 260 g/mol. The van der Waals surface area contributed by atoms with Gasteiger partial charge in [0.15, 0.2) is 5.82 Å². The van der Waals surface area contributed by atoms with E-state index in [1.807, 2.05) is 11.8 Å². The van der Waals surface area contributed by atoms with E-state index in [0.29, 0.717) is 38.7 Å². The molecule has 0 saturated carbocycles. The van der Waals surface area contributed by atoms with Gasteiger partial charge < -0.3 is 14.4 Å². The number of carbonyl (C=O) groups is 1. The molecule has 2 aliphatic rings. The second-order valence-electron chi connectivity index (χ2n) is 5.20. The molecule has 2 saturated heterocycles. The van der Waals surface area contributed by atoms with Gasteiger partial charge in [0, 0.05) is 19.6 Å². The number of morpholine rings is 1. The van der Waals surface area contributed by atoms with Gasteiger partial charge in [0.1, 0.15) is 11.9 Å². The Hall–Kier alpha value is -1.47. The number of ether oxygens (including phenoxy) is 2. The van der Waals surface area contributed by atoms with E-state index in [9.17, 15) is 4.79 Å². The van der Waals surface area contributed by atoms with Crippen molar-refractivity contribution in [2.45, 2.75) is 25.9 Å². The summed E-state index contributed by atoms with van der Waals surface area (Å²) in [6, 6.07) is 0. The average molecular weight is 280 g/mol. The number of hydrogen-bond donors (Lipinski definition) is 1. The van der Waals surface area contributed by atoms with Crippen LogP contribution < -0.4 is 0 Å². The van der Waals surface area contributed by atoms with Gasteiger partial charge in [-0.25, -0.2) is 4.98 Å². The van der Waals surface area contributed by atoms with Crippen LogP contribution in [0.1, 0.15) is 31.1 Å². The Morgan fingerprint density at radius 2 is 2.40 bits per heavy atom. The number of carbonyl (C=O) groups excluding carboxylic acids is 1. The first-order chi connectivity index (χ1) is 9.78. The summed E-state index contributed by atoms with van der Waals surface area (Å²) in [4.78, 5) is 18.6. The Kier molecular flexibility index (Phi) is 3.98. The van der Waals surface area contributed by atoms with Crippen molar-refractivity contribution in [2.24, 2.45) is 5.92 Å². The molecule has 3 rings (SSSR count). The lowest BCUT2D eigenvalue weighted by Gasteiger charge is -2.33. The Morgan fingerprint density at radius 1 is 1.50 bits per heavy atom. The summed E-state index contributed by atoms with van der Waals surface area (Å²) in [5, 5.41) is 7.07. The molecular formula is C13H20N4O3. The number of nitrogens with zero attached hydrogens (tertiary/aromatic N) is 3. The van der Waals surface area contributed by atoms with Crippen LogP contribution in [0.4, 0.5) is 0 Å². The minimum absolute atomic E-state index is 0.00657. The topological polar surface area (TPSA) is 80.3 Å². The molecule has 20 heavy (non-hydrogen) atoms. The molecule has 2 aliphatic heterocycles. The monoisotopic (exact) mass is 280 g/mol. The first kappa shape index (κ1) is 13.5. The van der Waals surface area contributed by atoms with Gasteiger partial charge in [0.05, 0.1) is 25.7 Å². The number of aromatic amines is 1. The zero-order valence-corrected chi connectivity index (χ0v) is 11.7. The van der Waals surface area contributed by atoms with Crippen LogP contribution in [0, 0.1) is 5.92 Å². The highest BCUT2D eigenvalue weighted by Crippen LogP contribution is 2.23. The van der Waals surface area contributed by atoms with Gasteiger partial charge in [-0.05, 0) is 6.42 Å². The lowest BCUT2D eigenvalue weighted by Crippen LogP contribution is -2.45. The molecule has 0 spiro atoms. The van der Waals surface area contributed by atoms with Crippen LogP contribution >= 0.6 is 0 Å². The molecule has 1 amide bonds. The van der Waals surface area contributed by atoms with Gasteiger partial charge in [-0.2, -0.15) is 5.10 Å². The lowest BCUT2D eigenvalue weighted by molar-refractivity contribution is -0.143. The van der Waals surface area contributed by atoms with Crippen LogP contribution in [-0.4, -0.2) is 58.9 Å². The Morgan fingerprint density at radius 3 is 3.10 bits per heavy atom. The summed E-state index contributed by atoms with van der Waals surface area (Å²) in [5.74, 6) is 1.66. The van der Waals surface area contributed by atoms with Crippen molar-refractivity contribution in [3.8, 4) is 0 Å². The molecule has 1 aromatic rings. The Labute approximate surface area is 117 Å². The molecule has 0 aliphatic carbocycles. The SMILES string of the molecule is CCc1nc([C@H]2CN(C(=O)[C@H]3CCOC3)CCO2)n[nH]1. The molecule has 1 aromatic heterocycles. The number of aryl methyl sites for hydroxylation is 1. The number of nitrogens with one attached hydrogen (secondary N) is 1. The zero-order valence-electron chi connectivity index (χ0n) is 11.7. The van der Waals surface area contributed by atoms with Crippen molar-refractivity contribution in [1.82, 2.24) is 20.1 Å². The predicted molar refractivity (Wildman–Crippen MR) is 70.0 cm³/mol. The van der Waals surface area contributed by atoms with Crippen molar-refractivity contribution >= 4 is 5.91 Å². The second-order valence-corrected chi connectivity index (χ2v) is 5.20. The third-order valence-corrected chi connectivity index (χ3v) is 3.83. The predicted octanol–water partition coefficient (Wildman–Crippen LogP) is 0.304. The maximum Gasteiger partial charge on any atom is 0.228 e. The van der Waals surface area contributed by atoms with Crippen LogP contribution in [0.5, 0.6) is 0 Å². The van der Waals surface area contributed by atoms with Crippen LogP contribution in [0.2, 0.25) is 0 Å². The van der Waals surface area contributed by atoms with Crippen molar-refractivity contribution in [2.75, 3.05) is 32.9 Å². The number of H-pyrrole nitrogens is 1. The van der Waals surface area contributed by atoms with Gasteiger partial charge in [-0.15, -0.1) is 0 Å². The van der Waals surface area contributed by atoms with E-state index in [0.717, 1.165) is 18.7 Å². The molecule has 0 unspecified atom stereocenters. The largest absolute Gasteiger partial charge is 0.381 e. The third-order valence-electron chi connectivity index (χ3n) is 3.83. The highest BCUT2D eigenvalue weighted by atomic mass is 16.5. The van der Waals surface area contributed by atoms with Gasteiger partial charge in [-0.3, -0.25) is 9.89 Å². The van der Waals surface area contributed by atoms with Crippen LogP contribution in [0.25, 0.3) is 0 Å². The van der Waals surface area contributed by atoms with Crippen molar-refractivity contribution < 1.29 is 14.3 Å². The number of rotatable bonds is 3. The maximum atomic E-state index is 12.4. The molecule has 7 heteroatoms. The van der Waals surface area contributed by atoms with E-state index in [-0.39, 0.29) is 17.9 Å². The first-order valence-electron chi connectivity index (χ1n) is 7.17. The van der Waals surface area contributed by atoms with E-state index < -0.39 is 0 Å². The maximum absolute atomic E-state index is 12.4. The summed E-state index contributed by atoms with van der Waals surface area (Å²) in [6.07, 6.45) is 1.40. The summed E-state index contributed by atoms with van der Waals surface area (Å²) in [6.45, 7) is 4.93. The molecule has 0 aromatic carbocycles. The fourth-order valence-electron chi connectivity index (χ4n) is 2.61. The quantitative estimate of drug-likeness (QED) is 0.861. The second kappa shape index (κ2) is 5.88. The first-order valence-corrected chi connectivity index (χ1v) is 7.17. The van der Waals surface area contributed by atoms with Gasteiger partial charge in [0.2, 0.25) is 5.91 Å².